The third-order valence-corrected chi connectivity index (χ3v) is 6.33. The van der Waals surface area contributed by atoms with E-state index in [1.165, 1.54) is 11.8 Å². The molecule has 184 valence electrons. The average Bonchev–Trinajstić information content (AvgIpc) is 2.91. The Balaban J connectivity index is 1.36. The first-order valence-corrected chi connectivity index (χ1v) is 11.8. The molecule has 0 aliphatic carbocycles. The Labute approximate surface area is 204 Å². The number of methoxy groups -OCH3 is 1. The Morgan fingerprint density at radius 1 is 0.829 bits per heavy atom. The largest absolute Gasteiger partial charge is 0.497 e. The fraction of sp³-hybridized carbons (Fsp3) is 0.400. The average molecular weight is 480 g/mol. The van der Waals surface area contributed by atoms with Crippen LogP contribution >= 0.6 is 0 Å². The SMILES string of the molecule is COc1ccc(N2CCN(c3nc(Nc4ccc(C)c(F)c4)nc(N4CCOCC4)n3)CC2)cc1. The van der Waals surface area contributed by atoms with E-state index in [-0.39, 0.29) is 5.82 Å². The van der Waals surface area contributed by atoms with Crippen molar-refractivity contribution in [2.75, 3.05) is 79.6 Å². The number of nitrogens with one attached hydrogen (secondary N) is 1. The van der Waals surface area contributed by atoms with Crippen LogP contribution < -0.4 is 24.8 Å². The van der Waals surface area contributed by atoms with Crippen molar-refractivity contribution < 1.29 is 13.9 Å². The van der Waals surface area contributed by atoms with E-state index < -0.39 is 0 Å². The molecule has 0 amide bonds. The van der Waals surface area contributed by atoms with Crippen LogP contribution in [-0.2, 0) is 4.74 Å². The van der Waals surface area contributed by atoms with Gasteiger partial charge in [0.2, 0.25) is 17.8 Å². The maximum Gasteiger partial charge on any atom is 0.233 e. The molecule has 2 fully saturated rings. The normalized spacial score (nSPS) is 16.4. The lowest BCUT2D eigenvalue weighted by Crippen LogP contribution is -2.47. The number of ether oxygens (including phenoxy) is 2. The third-order valence-electron chi connectivity index (χ3n) is 6.33. The number of hydrogen-bond acceptors (Lipinski definition) is 9. The summed E-state index contributed by atoms with van der Waals surface area (Å²) in [5.41, 5.74) is 2.36. The van der Waals surface area contributed by atoms with Crippen LogP contribution in [0.25, 0.3) is 0 Å². The van der Waals surface area contributed by atoms with Crippen molar-refractivity contribution in [2.24, 2.45) is 0 Å². The van der Waals surface area contributed by atoms with Crippen LogP contribution in [0.3, 0.4) is 0 Å². The van der Waals surface area contributed by atoms with Gasteiger partial charge in [-0.05, 0) is 48.9 Å². The molecule has 2 aliphatic heterocycles. The van der Waals surface area contributed by atoms with Crippen molar-refractivity contribution in [1.82, 2.24) is 15.0 Å². The van der Waals surface area contributed by atoms with E-state index in [1.54, 1.807) is 20.1 Å². The molecule has 5 rings (SSSR count). The fourth-order valence-corrected chi connectivity index (χ4v) is 4.21. The second kappa shape index (κ2) is 10.3. The highest BCUT2D eigenvalue weighted by Gasteiger charge is 2.23. The smallest absolute Gasteiger partial charge is 0.233 e. The van der Waals surface area contributed by atoms with Crippen LogP contribution in [-0.4, -0.2) is 74.5 Å². The van der Waals surface area contributed by atoms with Crippen molar-refractivity contribution in [3.63, 3.8) is 0 Å². The minimum Gasteiger partial charge on any atom is -0.497 e. The number of aromatic nitrogens is 3. The van der Waals surface area contributed by atoms with Gasteiger partial charge in [0.1, 0.15) is 11.6 Å². The summed E-state index contributed by atoms with van der Waals surface area (Å²) in [6.45, 7) is 7.67. The molecule has 0 radical (unpaired) electrons. The summed E-state index contributed by atoms with van der Waals surface area (Å²) in [6, 6.07) is 13.1. The summed E-state index contributed by atoms with van der Waals surface area (Å²) in [6.07, 6.45) is 0. The summed E-state index contributed by atoms with van der Waals surface area (Å²) in [5, 5.41) is 3.17. The van der Waals surface area contributed by atoms with E-state index in [0.717, 1.165) is 31.9 Å². The maximum atomic E-state index is 14.1. The number of benzene rings is 2. The summed E-state index contributed by atoms with van der Waals surface area (Å²) >= 11 is 0. The summed E-state index contributed by atoms with van der Waals surface area (Å²) in [7, 11) is 1.67. The molecular formula is C25H30FN7O2. The van der Waals surface area contributed by atoms with Crippen molar-refractivity contribution in [3.8, 4) is 5.75 Å². The van der Waals surface area contributed by atoms with Gasteiger partial charge in [-0.2, -0.15) is 15.0 Å². The zero-order valence-electron chi connectivity index (χ0n) is 20.1. The van der Waals surface area contributed by atoms with Gasteiger partial charge in [0.05, 0.1) is 20.3 Å². The summed E-state index contributed by atoms with van der Waals surface area (Å²) < 4.78 is 24.9. The lowest BCUT2D eigenvalue weighted by atomic mass is 10.2. The molecule has 35 heavy (non-hydrogen) atoms. The number of nitrogens with zero attached hydrogens (tertiary/aromatic N) is 6. The van der Waals surface area contributed by atoms with Gasteiger partial charge >= 0.3 is 0 Å². The predicted molar refractivity (Wildman–Crippen MR) is 135 cm³/mol. The zero-order valence-corrected chi connectivity index (χ0v) is 20.1. The highest BCUT2D eigenvalue weighted by molar-refractivity contribution is 5.57. The Hall–Kier alpha value is -3.66. The van der Waals surface area contributed by atoms with Crippen LogP contribution in [0.2, 0.25) is 0 Å². The topological polar surface area (TPSA) is 78.9 Å². The van der Waals surface area contributed by atoms with Crippen LogP contribution in [0.1, 0.15) is 5.56 Å². The standard InChI is InChI=1S/C25H30FN7O2/c1-18-3-4-19(17-22(18)26)27-23-28-24(30-25(29-23)33-13-15-35-16-14-33)32-11-9-31(10-12-32)20-5-7-21(34-2)8-6-20/h3-8,17H,9-16H2,1-2H3,(H,27,28,29,30). The molecule has 9 nitrogen and oxygen atoms in total. The number of anilines is 5. The van der Waals surface area contributed by atoms with E-state index in [2.05, 4.69) is 37.1 Å². The first kappa shape index (κ1) is 23.1. The lowest BCUT2D eigenvalue weighted by Gasteiger charge is -2.36. The molecule has 0 spiro atoms. The molecule has 0 atom stereocenters. The first-order valence-electron chi connectivity index (χ1n) is 11.8. The predicted octanol–water partition coefficient (Wildman–Crippen LogP) is 3.23. The third kappa shape index (κ3) is 5.37. The highest BCUT2D eigenvalue weighted by atomic mass is 19.1. The Morgan fingerprint density at radius 2 is 1.46 bits per heavy atom. The van der Waals surface area contributed by atoms with E-state index in [1.807, 2.05) is 18.2 Å². The van der Waals surface area contributed by atoms with Gasteiger partial charge in [-0.15, -0.1) is 0 Å². The van der Waals surface area contributed by atoms with Gasteiger partial charge in [-0.25, -0.2) is 4.39 Å². The molecule has 2 aromatic carbocycles. The number of halogens is 1. The van der Waals surface area contributed by atoms with Gasteiger partial charge in [-0.1, -0.05) is 6.07 Å². The van der Waals surface area contributed by atoms with Crippen molar-refractivity contribution in [3.05, 3.63) is 53.8 Å². The van der Waals surface area contributed by atoms with E-state index in [4.69, 9.17) is 19.4 Å². The molecule has 1 N–H and O–H groups in total. The van der Waals surface area contributed by atoms with E-state index >= 15 is 0 Å². The molecule has 0 bridgehead atoms. The van der Waals surface area contributed by atoms with Gasteiger partial charge in [-0.3, -0.25) is 0 Å². The van der Waals surface area contributed by atoms with Gasteiger partial charge in [0, 0.05) is 50.6 Å². The van der Waals surface area contributed by atoms with Gasteiger partial charge < -0.3 is 29.5 Å². The van der Waals surface area contributed by atoms with Crippen LogP contribution in [0.4, 0.5) is 33.6 Å². The number of rotatable bonds is 6. The van der Waals surface area contributed by atoms with Crippen LogP contribution in [0.15, 0.2) is 42.5 Å². The van der Waals surface area contributed by atoms with E-state index in [0.29, 0.717) is 55.4 Å². The minimum atomic E-state index is -0.271. The number of hydrogen-bond donors (Lipinski definition) is 1. The zero-order chi connectivity index (χ0) is 24.2. The van der Waals surface area contributed by atoms with Crippen LogP contribution in [0, 0.1) is 12.7 Å². The monoisotopic (exact) mass is 479 g/mol. The first-order chi connectivity index (χ1) is 17.1. The molecule has 2 aliphatic rings. The molecule has 3 heterocycles. The van der Waals surface area contributed by atoms with Gasteiger partial charge in [0.15, 0.2) is 0 Å². The van der Waals surface area contributed by atoms with E-state index in [9.17, 15) is 4.39 Å². The van der Waals surface area contributed by atoms with Crippen molar-refractivity contribution >= 4 is 29.2 Å². The lowest BCUT2D eigenvalue weighted by molar-refractivity contribution is 0.122. The number of morpholine rings is 1. The molecule has 0 saturated carbocycles. The van der Waals surface area contributed by atoms with Gasteiger partial charge in [0.25, 0.3) is 0 Å². The second-order valence-corrected chi connectivity index (χ2v) is 8.62. The molecule has 2 saturated heterocycles. The maximum absolute atomic E-state index is 14.1. The highest BCUT2D eigenvalue weighted by Crippen LogP contribution is 2.25. The Kier molecular flexibility index (Phi) is 6.80. The molecule has 10 heteroatoms. The summed E-state index contributed by atoms with van der Waals surface area (Å²) in [5.74, 6) is 2.20. The quantitative estimate of drug-likeness (QED) is 0.573. The molecular weight excluding hydrogens is 449 g/mol. The molecule has 3 aromatic rings. The Morgan fingerprint density at radius 3 is 2.09 bits per heavy atom. The fourth-order valence-electron chi connectivity index (χ4n) is 4.21. The summed E-state index contributed by atoms with van der Waals surface area (Å²) in [4.78, 5) is 20.8. The second-order valence-electron chi connectivity index (χ2n) is 8.62. The minimum absolute atomic E-state index is 0.271. The molecule has 0 unspecified atom stereocenters. The van der Waals surface area contributed by atoms with Crippen molar-refractivity contribution in [2.45, 2.75) is 6.92 Å². The van der Waals surface area contributed by atoms with Crippen LogP contribution in [0.5, 0.6) is 5.75 Å². The van der Waals surface area contributed by atoms with Crippen molar-refractivity contribution in [1.29, 1.82) is 0 Å². The molecule has 1 aromatic heterocycles. The number of aryl methyl sites for hydroxylation is 1. The Bertz CT molecular complexity index is 1150. The number of piperazine rings is 1.